The standard InChI is InChI=1S/C14H13N3O3/c1-8-5-6-9(20-8)7-15-11-4-2-3-10-12(11)14(19)17-16-13(10)18/h2-6,15H,7H2,1H3,(H,16,18)(H,17,19). The van der Waals surface area contributed by atoms with Crippen LogP contribution >= 0.6 is 0 Å². The van der Waals surface area contributed by atoms with E-state index >= 15 is 0 Å². The quantitative estimate of drug-likeness (QED) is 0.676. The van der Waals surface area contributed by atoms with Crippen molar-refractivity contribution in [1.82, 2.24) is 10.2 Å². The van der Waals surface area contributed by atoms with E-state index in [1.165, 1.54) is 0 Å². The summed E-state index contributed by atoms with van der Waals surface area (Å²) in [6.45, 7) is 2.31. The van der Waals surface area contributed by atoms with Crippen LogP contribution in [-0.2, 0) is 6.54 Å². The minimum absolute atomic E-state index is 0.322. The SMILES string of the molecule is Cc1ccc(CNc2cccc3c(=O)[nH][nH]c(=O)c23)o1. The van der Waals surface area contributed by atoms with Crippen LogP contribution in [0.1, 0.15) is 11.5 Å². The van der Waals surface area contributed by atoms with Crippen LogP contribution in [0.3, 0.4) is 0 Å². The first-order valence-corrected chi connectivity index (χ1v) is 6.18. The van der Waals surface area contributed by atoms with E-state index in [0.29, 0.717) is 23.0 Å². The van der Waals surface area contributed by atoms with Crippen molar-refractivity contribution in [3.05, 3.63) is 62.6 Å². The zero-order valence-corrected chi connectivity index (χ0v) is 10.8. The molecule has 2 heterocycles. The lowest BCUT2D eigenvalue weighted by molar-refractivity contribution is 0.490. The monoisotopic (exact) mass is 271 g/mol. The second-order valence-corrected chi connectivity index (χ2v) is 4.50. The maximum Gasteiger partial charge on any atom is 0.272 e. The first-order chi connectivity index (χ1) is 9.65. The van der Waals surface area contributed by atoms with Gasteiger partial charge in [0, 0.05) is 5.69 Å². The Morgan fingerprint density at radius 1 is 1.10 bits per heavy atom. The maximum absolute atomic E-state index is 11.9. The zero-order chi connectivity index (χ0) is 14.1. The van der Waals surface area contributed by atoms with Gasteiger partial charge in [0.2, 0.25) is 0 Å². The molecule has 102 valence electrons. The molecule has 0 atom stereocenters. The summed E-state index contributed by atoms with van der Waals surface area (Å²) in [7, 11) is 0. The summed E-state index contributed by atoms with van der Waals surface area (Å²) in [5, 5.41) is 8.46. The van der Waals surface area contributed by atoms with Gasteiger partial charge in [-0.15, -0.1) is 0 Å². The lowest BCUT2D eigenvalue weighted by atomic mass is 10.1. The van der Waals surface area contributed by atoms with E-state index in [4.69, 9.17) is 4.42 Å². The fourth-order valence-electron chi connectivity index (χ4n) is 2.14. The normalized spacial score (nSPS) is 10.8. The van der Waals surface area contributed by atoms with Crippen molar-refractivity contribution in [3.8, 4) is 0 Å². The van der Waals surface area contributed by atoms with Gasteiger partial charge in [0.05, 0.1) is 17.3 Å². The molecule has 0 unspecified atom stereocenters. The maximum atomic E-state index is 11.9. The van der Waals surface area contributed by atoms with Gasteiger partial charge in [0.1, 0.15) is 11.5 Å². The van der Waals surface area contributed by atoms with Crippen LogP contribution in [-0.4, -0.2) is 10.2 Å². The molecule has 1 aromatic carbocycles. The predicted octanol–water partition coefficient (Wildman–Crippen LogP) is 1.73. The molecule has 0 saturated heterocycles. The molecule has 20 heavy (non-hydrogen) atoms. The molecule has 3 aromatic rings. The summed E-state index contributed by atoms with van der Waals surface area (Å²) in [6.07, 6.45) is 0. The van der Waals surface area contributed by atoms with Crippen molar-refractivity contribution in [2.24, 2.45) is 0 Å². The van der Waals surface area contributed by atoms with Crippen LogP contribution in [0.2, 0.25) is 0 Å². The van der Waals surface area contributed by atoms with Crippen LogP contribution in [0.25, 0.3) is 10.8 Å². The second-order valence-electron chi connectivity index (χ2n) is 4.50. The number of aryl methyl sites for hydroxylation is 1. The van der Waals surface area contributed by atoms with E-state index < -0.39 is 0 Å². The smallest absolute Gasteiger partial charge is 0.272 e. The topological polar surface area (TPSA) is 90.9 Å². The predicted molar refractivity (Wildman–Crippen MR) is 76.0 cm³/mol. The Morgan fingerprint density at radius 3 is 2.65 bits per heavy atom. The highest BCUT2D eigenvalue weighted by Gasteiger charge is 2.08. The molecule has 0 bridgehead atoms. The molecule has 0 aliphatic heterocycles. The average Bonchev–Trinajstić information content (AvgIpc) is 2.86. The van der Waals surface area contributed by atoms with Crippen molar-refractivity contribution in [2.75, 3.05) is 5.32 Å². The van der Waals surface area contributed by atoms with Gasteiger partial charge >= 0.3 is 0 Å². The summed E-state index contributed by atoms with van der Waals surface area (Å²) in [5.74, 6) is 1.59. The number of rotatable bonds is 3. The van der Waals surface area contributed by atoms with Gasteiger partial charge in [0.25, 0.3) is 11.1 Å². The van der Waals surface area contributed by atoms with Gasteiger partial charge in [-0.25, -0.2) is 0 Å². The lowest BCUT2D eigenvalue weighted by Crippen LogP contribution is -2.20. The third kappa shape index (κ3) is 2.11. The molecule has 0 amide bonds. The summed E-state index contributed by atoms with van der Waals surface area (Å²) >= 11 is 0. The van der Waals surface area contributed by atoms with Crippen molar-refractivity contribution < 1.29 is 4.42 Å². The van der Waals surface area contributed by atoms with E-state index in [1.54, 1.807) is 18.2 Å². The minimum Gasteiger partial charge on any atom is -0.465 e. The van der Waals surface area contributed by atoms with Crippen molar-refractivity contribution in [2.45, 2.75) is 13.5 Å². The van der Waals surface area contributed by atoms with Gasteiger partial charge in [-0.2, -0.15) is 0 Å². The first-order valence-electron chi connectivity index (χ1n) is 6.18. The van der Waals surface area contributed by atoms with Crippen molar-refractivity contribution in [3.63, 3.8) is 0 Å². The first kappa shape index (κ1) is 12.3. The van der Waals surface area contributed by atoms with Gasteiger partial charge in [-0.05, 0) is 31.2 Å². The Morgan fingerprint density at radius 2 is 1.90 bits per heavy atom. The molecular weight excluding hydrogens is 258 g/mol. The number of hydrogen-bond acceptors (Lipinski definition) is 4. The molecule has 2 aromatic heterocycles. The Kier molecular flexibility index (Phi) is 2.90. The minimum atomic E-state index is -0.335. The molecule has 0 radical (unpaired) electrons. The number of furan rings is 1. The summed E-state index contributed by atoms with van der Waals surface area (Å²) in [6, 6.07) is 8.84. The number of benzene rings is 1. The number of hydrogen-bond donors (Lipinski definition) is 3. The van der Waals surface area contributed by atoms with Gasteiger partial charge < -0.3 is 9.73 Å². The fraction of sp³-hybridized carbons (Fsp3) is 0.143. The van der Waals surface area contributed by atoms with Crippen LogP contribution in [0.4, 0.5) is 5.69 Å². The Labute approximate surface area is 113 Å². The molecule has 0 aliphatic carbocycles. The van der Waals surface area contributed by atoms with E-state index in [2.05, 4.69) is 15.5 Å². The zero-order valence-electron chi connectivity index (χ0n) is 10.8. The second kappa shape index (κ2) is 4.73. The van der Waals surface area contributed by atoms with E-state index in [-0.39, 0.29) is 11.1 Å². The number of aromatic amines is 2. The van der Waals surface area contributed by atoms with Crippen LogP contribution in [0.15, 0.2) is 44.3 Å². The highest BCUT2D eigenvalue weighted by Crippen LogP contribution is 2.18. The largest absolute Gasteiger partial charge is 0.465 e. The highest BCUT2D eigenvalue weighted by molar-refractivity contribution is 5.92. The fourth-order valence-corrected chi connectivity index (χ4v) is 2.14. The number of aromatic nitrogens is 2. The molecule has 0 saturated carbocycles. The summed E-state index contributed by atoms with van der Waals surface area (Å²) < 4.78 is 5.45. The highest BCUT2D eigenvalue weighted by atomic mass is 16.3. The number of anilines is 1. The summed E-state index contributed by atoms with van der Waals surface area (Å²) in [4.78, 5) is 23.6. The third-order valence-corrected chi connectivity index (χ3v) is 3.07. The molecule has 3 N–H and O–H groups in total. The van der Waals surface area contributed by atoms with E-state index in [1.807, 2.05) is 19.1 Å². The Bertz CT molecular complexity index is 873. The Balaban J connectivity index is 2.01. The van der Waals surface area contributed by atoms with Crippen molar-refractivity contribution >= 4 is 16.5 Å². The Hall–Kier alpha value is -2.76. The molecule has 0 aliphatic rings. The average molecular weight is 271 g/mol. The molecule has 6 heteroatoms. The van der Waals surface area contributed by atoms with Crippen molar-refractivity contribution in [1.29, 1.82) is 0 Å². The number of nitrogens with one attached hydrogen (secondary N) is 3. The molecule has 0 spiro atoms. The molecule has 6 nitrogen and oxygen atoms in total. The molecule has 0 fully saturated rings. The number of fused-ring (bicyclic) bond motifs is 1. The molecule has 3 rings (SSSR count). The van der Waals surface area contributed by atoms with Gasteiger partial charge in [0.15, 0.2) is 0 Å². The van der Waals surface area contributed by atoms with Crippen LogP contribution in [0, 0.1) is 6.92 Å². The van der Waals surface area contributed by atoms with Crippen LogP contribution in [0.5, 0.6) is 0 Å². The molecular formula is C14H13N3O3. The van der Waals surface area contributed by atoms with Gasteiger partial charge in [-0.3, -0.25) is 19.8 Å². The third-order valence-electron chi connectivity index (χ3n) is 3.07. The van der Waals surface area contributed by atoms with E-state index in [9.17, 15) is 9.59 Å². The summed E-state index contributed by atoms with van der Waals surface area (Å²) in [5.41, 5.74) is -0.0562. The van der Waals surface area contributed by atoms with E-state index in [0.717, 1.165) is 11.5 Å². The van der Waals surface area contributed by atoms with Gasteiger partial charge in [-0.1, -0.05) is 6.07 Å². The lowest BCUT2D eigenvalue weighted by Gasteiger charge is -2.07. The van der Waals surface area contributed by atoms with Crippen LogP contribution < -0.4 is 16.4 Å². The number of H-pyrrole nitrogens is 2.